The normalized spacial score (nSPS) is 10.5. The number of rotatable bonds is 2. The number of fused-ring (bicyclic) bond motifs is 1. The number of benzene rings is 1. The van der Waals surface area contributed by atoms with Crippen LogP contribution in [-0.2, 0) is 0 Å². The number of nitrogen functional groups attached to an aromatic ring is 1. The summed E-state index contributed by atoms with van der Waals surface area (Å²) in [5.41, 5.74) is 5.66. The van der Waals surface area contributed by atoms with E-state index in [1.807, 2.05) is 0 Å². The van der Waals surface area contributed by atoms with E-state index in [1.165, 1.54) is 12.3 Å². The minimum absolute atomic E-state index is 0.0766. The molecule has 3 rings (SSSR count). The molecule has 1 aromatic carbocycles. The molecule has 0 aliphatic rings. The zero-order valence-corrected chi connectivity index (χ0v) is 10.9. The summed E-state index contributed by atoms with van der Waals surface area (Å²) in [6, 6.07) is 11.6. The molecule has 0 spiro atoms. The van der Waals surface area contributed by atoms with E-state index >= 15 is 0 Å². The Hall–Kier alpha value is -3.15. The van der Waals surface area contributed by atoms with Crippen molar-refractivity contribution in [3.8, 4) is 0 Å². The van der Waals surface area contributed by atoms with Crippen molar-refractivity contribution in [2.24, 2.45) is 0 Å². The van der Waals surface area contributed by atoms with Gasteiger partial charge < -0.3 is 15.5 Å². The number of nitrogens with two attached hydrogens (primary N) is 1. The number of nitrogens with zero attached hydrogens (tertiary/aromatic N) is 1. The summed E-state index contributed by atoms with van der Waals surface area (Å²) in [7, 11) is 0. The van der Waals surface area contributed by atoms with Crippen molar-refractivity contribution < 1.29 is 9.21 Å². The van der Waals surface area contributed by atoms with E-state index < -0.39 is 11.5 Å². The van der Waals surface area contributed by atoms with Gasteiger partial charge in [-0.3, -0.25) is 4.79 Å². The van der Waals surface area contributed by atoms with Gasteiger partial charge in [-0.05, 0) is 24.3 Å². The first kappa shape index (κ1) is 12.9. The molecule has 3 N–H and O–H groups in total. The molecule has 0 bridgehead atoms. The number of hydrogen-bond donors (Lipinski definition) is 2. The lowest BCUT2D eigenvalue weighted by molar-refractivity contribution is 0.102. The third-order valence-corrected chi connectivity index (χ3v) is 2.91. The summed E-state index contributed by atoms with van der Waals surface area (Å²) in [5, 5.41) is 3.20. The van der Waals surface area contributed by atoms with Crippen LogP contribution in [0.5, 0.6) is 0 Å². The standard InChI is InChI=1S/C15H11N3O3/c16-10-5-6-13(17-8-10)18-14(19)11-7-9-3-1-2-4-12(9)21-15(11)20/h1-8H,16H2,(H,17,18,19). The van der Waals surface area contributed by atoms with Crippen LogP contribution < -0.4 is 16.7 Å². The molecule has 0 aliphatic heterocycles. The number of pyridine rings is 1. The molecule has 6 nitrogen and oxygen atoms in total. The minimum atomic E-state index is -0.693. The average Bonchev–Trinajstić information content (AvgIpc) is 2.49. The van der Waals surface area contributed by atoms with Crippen molar-refractivity contribution in [2.75, 3.05) is 11.1 Å². The van der Waals surface area contributed by atoms with Gasteiger partial charge in [-0.25, -0.2) is 9.78 Å². The summed E-state index contributed by atoms with van der Waals surface area (Å²) in [6.45, 7) is 0. The Morgan fingerprint density at radius 3 is 2.76 bits per heavy atom. The highest BCUT2D eigenvalue weighted by atomic mass is 16.4. The monoisotopic (exact) mass is 281 g/mol. The lowest BCUT2D eigenvalue weighted by Gasteiger charge is -2.04. The molecule has 0 radical (unpaired) electrons. The lowest BCUT2D eigenvalue weighted by Crippen LogP contribution is -2.21. The fourth-order valence-corrected chi connectivity index (χ4v) is 1.88. The van der Waals surface area contributed by atoms with Gasteiger partial charge in [0.2, 0.25) is 0 Å². The van der Waals surface area contributed by atoms with Gasteiger partial charge in [-0.15, -0.1) is 0 Å². The molecule has 2 aromatic heterocycles. The number of amides is 1. The molecule has 0 unspecified atom stereocenters. The van der Waals surface area contributed by atoms with E-state index in [0.717, 1.165) is 0 Å². The van der Waals surface area contributed by atoms with Crippen LogP contribution in [0, 0.1) is 0 Å². The Balaban J connectivity index is 1.95. The van der Waals surface area contributed by atoms with E-state index in [9.17, 15) is 9.59 Å². The second kappa shape index (κ2) is 5.09. The van der Waals surface area contributed by atoms with Crippen LogP contribution in [-0.4, -0.2) is 10.9 Å². The number of nitrogens with one attached hydrogen (secondary N) is 1. The third-order valence-electron chi connectivity index (χ3n) is 2.91. The van der Waals surface area contributed by atoms with Crippen molar-refractivity contribution >= 4 is 28.4 Å². The van der Waals surface area contributed by atoms with Gasteiger partial charge in [0, 0.05) is 5.39 Å². The summed E-state index contributed by atoms with van der Waals surface area (Å²) in [6.07, 6.45) is 1.42. The first-order chi connectivity index (χ1) is 10.1. The number of para-hydroxylation sites is 1. The van der Waals surface area contributed by atoms with Gasteiger partial charge in [0.25, 0.3) is 5.91 Å². The molecular formula is C15H11N3O3. The topological polar surface area (TPSA) is 98.2 Å². The first-order valence-corrected chi connectivity index (χ1v) is 6.19. The Morgan fingerprint density at radius 1 is 1.19 bits per heavy atom. The van der Waals surface area contributed by atoms with Gasteiger partial charge in [0.1, 0.15) is 17.0 Å². The largest absolute Gasteiger partial charge is 0.422 e. The summed E-state index contributed by atoms with van der Waals surface area (Å²) < 4.78 is 5.11. The molecule has 0 aliphatic carbocycles. The highest BCUT2D eigenvalue weighted by Gasteiger charge is 2.14. The molecular weight excluding hydrogens is 270 g/mol. The number of carbonyl (C=O) groups is 1. The van der Waals surface area contributed by atoms with Crippen molar-refractivity contribution in [1.29, 1.82) is 0 Å². The average molecular weight is 281 g/mol. The zero-order valence-electron chi connectivity index (χ0n) is 10.9. The van der Waals surface area contributed by atoms with E-state index in [4.69, 9.17) is 10.2 Å². The predicted molar refractivity (Wildman–Crippen MR) is 79.1 cm³/mol. The molecule has 0 atom stereocenters. The second-order valence-electron chi connectivity index (χ2n) is 4.42. The summed E-state index contributed by atoms with van der Waals surface area (Å²) in [4.78, 5) is 27.9. The smallest absolute Gasteiger partial charge is 0.349 e. The number of anilines is 2. The Labute approximate surface area is 119 Å². The van der Waals surface area contributed by atoms with Crippen molar-refractivity contribution in [3.63, 3.8) is 0 Å². The fourth-order valence-electron chi connectivity index (χ4n) is 1.88. The first-order valence-electron chi connectivity index (χ1n) is 6.19. The van der Waals surface area contributed by atoms with Crippen LogP contribution in [0.15, 0.2) is 57.9 Å². The predicted octanol–water partition coefficient (Wildman–Crippen LogP) is 2.02. The summed E-state index contributed by atoms with van der Waals surface area (Å²) in [5.74, 6) is -0.270. The SMILES string of the molecule is Nc1ccc(NC(=O)c2cc3ccccc3oc2=O)nc1. The van der Waals surface area contributed by atoms with Crippen LogP contribution in [0.1, 0.15) is 10.4 Å². The van der Waals surface area contributed by atoms with Gasteiger partial charge >= 0.3 is 5.63 Å². The maximum Gasteiger partial charge on any atom is 0.349 e. The quantitative estimate of drug-likeness (QED) is 0.700. The number of hydrogen-bond acceptors (Lipinski definition) is 5. The molecule has 104 valence electrons. The van der Waals surface area contributed by atoms with E-state index in [1.54, 1.807) is 36.4 Å². The number of aromatic nitrogens is 1. The van der Waals surface area contributed by atoms with Gasteiger partial charge in [-0.1, -0.05) is 18.2 Å². The Kier molecular flexibility index (Phi) is 3.12. The Bertz CT molecular complexity index is 869. The van der Waals surface area contributed by atoms with Crippen molar-refractivity contribution in [1.82, 2.24) is 4.98 Å². The third kappa shape index (κ3) is 2.59. The molecule has 0 saturated carbocycles. The minimum Gasteiger partial charge on any atom is -0.422 e. The van der Waals surface area contributed by atoms with Crippen LogP contribution in [0.2, 0.25) is 0 Å². The molecule has 21 heavy (non-hydrogen) atoms. The van der Waals surface area contributed by atoms with Gasteiger partial charge in [0.15, 0.2) is 0 Å². The molecule has 1 amide bonds. The molecule has 3 aromatic rings. The molecule has 6 heteroatoms. The van der Waals surface area contributed by atoms with Crippen LogP contribution >= 0.6 is 0 Å². The van der Waals surface area contributed by atoms with Crippen molar-refractivity contribution in [3.05, 3.63) is 64.6 Å². The van der Waals surface area contributed by atoms with E-state index in [0.29, 0.717) is 22.5 Å². The fraction of sp³-hybridized carbons (Fsp3) is 0. The van der Waals surface area contributed by atoms with E-state index in [-0.39, 0.29) is 5.56 Å². The zero-order chi connectivity index (χ0) is 14.8. The molecule has 0 saturated heterocycles. The highest BCUT2D eigenvalue weighted by molar-refractivity contribution is 6.04. The van der Waals surface area contributed by atoms with Gasteiger partial charge in [0.05, 0.1) is 11.9 Å². The van der Waals surface area contributed by atoms with Crippen LogP contribution in [0.3, 0.4) is 0 Å². The van der Waals surface area contributed by atoms with Crippen LogP contribution in [0.4, 0.5) is 11.5 Å². The maximum absolute atomic E-state index is 12.1. The molecule has 2 heterocycles. The lowest BCUT2D eigenvalue weighted by atomic mass is 10.2. The highest BCUT2D eigenvalue weighted by Crippen LogP contribution is 2.13. The van der Waals surface area contributed by atoms with Gasteiger partial charge in [-0.2, -0.15) is 0 Å². The number of carbonyl (C=O) groups excluding carboxylic acids is 1. The maximum atomic E-state index is 12.1. The van der Waals surface area contributed by atoms with E-state index in [2.05, 4.69) is 10.3 Å². The summed E-state index contributed by atoms with van der Waals surface area (Å²) >= 11 is 0. The van der Waals surface area contributed by atoms with Crippen LogP contribution in [0.25, 0.3) is 11.0 Å². The second-order valence-corrected chi connectivity index (χ2v) is 4.42. The molecule has 0 fully saturated rings. The van der Waals surface area contributed by atoms with Crippen molar-refractivity contribution in [2.45, 2.75) is 0 Å². The Morgan fingerprint density at radius 2 is 2.00 bits per heavy atom.